The van der Waals surface area contributed by atoms with E-state index in [4.69, 9.17) is 9.84 Å². The highest BCUT2D eigenvalue weighted by molar-refractivity contribution is 5.80. The molecule has 0 unspecified atom stereocenters. The molecule has 1 aromatic carbocycles. The van der Waals surface area contributed by atoms with Crippen LogP contribution in [-0.2, 0) is 16.1 Å². The minimum absolute atomic E-state index is 0.567. The second-order valence-electron chi connectivity index (χ2n) is 4.53. The fourth-order valence-corrected chi connectivity index (χ4v) is 1.82. The lowest BCUT2D eigenvalue weighted by Crippen LogP contribution is -2.00. The predicted octanol–water partition coefficient (Wildman–Crippen LogP) is 3.79. The molecule has 0 fully saturated rings. The van der Waals surface area contributed by atoms with Crippen LogP contribution in [0, 0.1) is 0 Å². The van der Waals surface area contributed by atoms with Gasteiger partial charge in [-0.05, 0) is 24.8 Å². The van der Waals surface area contributed by atoms with Gasteiger partial charge < -0.3 is 9.84 Å². The topological polar surface area (TPSA) is 46.5 Å². The predicted molar refractivity (Wildman–Crippen MR) is 76.0 cm³/mol. The highest BCUT2D eigenvalue weighted by Gasteiger charge is 2.01. The molecule has 0 aliphatic carbocycles. The summed E-state index contributed by atoms with van der Waals surface area (Å²) in [5.41, 5.74) is 2.10. The summed E-state index contributed by atoms with van der Waals surface area (Å²) in [5.74, 6) is -0.867. The highest BCUT2D eigenvalue weighted by atomic mass is 16.5. The largest absolute Gasteiger partial charge is 0.478 e. The molecule has 0 amide bonds. The number of carbonyl (C=O) groups is 1. The van der Waals surface area contributed by atoms with E-state index in [-0.39, 0.29) is 0 Å². The van der Waals surface area contributed by atoms with Gasteiger partial charge in [0.2, 0.25) is 0 Å². The van der Waals surface area contributed by atoms with Crippen LogP contribution >= 0.6 is 0 Å². The van der Waals surface area contributed by atoms with Gasteiger partial charge in [0, 0.05) is 6.08 Å². The first-order valence-electron chi connectivity index (χ1n) is 6.76. The number of ether oxygens (including phenoxy) is 1. The average Bonchev–Trinajstić information content (AvgIpc) is 2.41. The van der Waals surface area contributed by atoms with Crippen molar-refractivity contribution >= 4 is 5.97 Å². The smallest absolute Gasteiger partial charge is 0.328 e. The Morgan fingerprint density at radius 1 is 1.26 bits per heavy atom. The molecule has 0 atom stereocenters. The summed E-state index contributed by atoms with van der Waals surface area (Å²) in [6.07, 6.45) is 4.96. The summed E-state index contributed by atoms with van der Waals surface area (Å²) in [6.45, 7) is 3.25. The van der Waals surface area contributed by atoms with Crippen molar-refractivity contribution in [3.8, 4) is 0 Å². The third-order valence-corrected chi connectivity index (χ3v) is 2.86. The molecule has 0 saturated carbocycles. The van der Waals surface area contributed by atoms with Crippen molar-refractivity contribution < 1.29 is 14.6 Å². The lowest BCUT2D eigenvalue weighted by atomic mass is 10.1. The van der Waals surface area contributed by atoms with Crippen LogP contribution in [0.25, 0.3) is 0 Å². The van der Waals surface area contributed by atoms with Gasteiger partial charge in [-0.2, -0.15) is 0 Å². The Bertz CT molecular complexity index is 396. The van der Waals surface area contributed by atoms with Gasteiger partial charge in [0.1, 0.15) is 0 Å². The van der Waals surface area contributed by atoms with Crippen LogP contribution in [0.1, 0.15) is 38.2 Å². The van der Waals surface area contributed by atoms with Gasteiger partial charge in [0.15, 0.2) is 0 Å². The minimum Gasteiger partial charge on any atom is -0.478 e. The van der Waals surface area contributed by atoms with Crippen molar-refractivity contribution in [1.29, 1.82) is 0 Å². The normalized spacial score (nSPS) is 11.5. The van der Waals surface area contributed by atoms with E-state index in [0.717, 1.165) is 30.4 Å². The maximum atomic E-state index is 10.7. The Morgan fingerprint density at radius 2 is 2.00 bits per heavy atom. The molecule has 104 valence electrons. The Labute approximate surface area is 114 Å². The number of carboxylic acids is 1. The molecule has 3 nitrogen and oxygen atoms in total. The van der Waals surface area contributed by atoms with E-state index in [9.17, 15) is 4.79 Å². The quantitative estimate of drug-likeness (QED) is 0.544. The molecule has 1 rings (SSSR count). The highest BCUT2D eigenvalue weighted by Crippen LogP contribution is 2.12. The second-order valence-corrected chi connectivity index (χ2v) is 4.53. The molecule has 0 aliphatic rings. The van der Waals surface area contributed by atoms with Gasteiger partial charge in [-0.25, -0.2) is 4.79 Å². The third kappa shape index (κ3) is 7.42. The molecule has 1 N–H and O–H groups in total. The van der Waals surface area contributed by atoms with Crippen molar-refractivity contribution in [3.63, 3.8) is 0 Å². The van der Waals surface area contributed by atoms with Crippen molar-refractivity contribution in [2.45, 2.75) is 39.2 Å². The Kier molecular flexibility index (Phi) is 7.59. The van der Waals surface area contributed by atoms with Crippen molar-refractivity contribution in [1.82, 2.24) is 0 Å². The van der Waals surface area contributed by atoms with Crippen molar-refractivity contribution in [2.75, 3.05) is 6.61 Å². The summed E-state index contributed by atoms with van der Waals surface area (Å²) in [6, 6.07) is 9.98. The summed E-state index contributed by atoms with van der Waals surface area (Å²) in [5, 5.41) is 8.80. The molecular weight excluding hydrogens is 240 g/mol. The van der Waals surface area contributed by atoms with Gasteiger partial charge in [0.05, 0.1) is 13.2 Å². The van der Waals surface area contributed by atoms with Gasteiger partial charge >= 0.3 is 5.97 Å². The first-order valence-corrected chi connectivity index (χ1v) is 6.76. The minimum atomic E-state index is -0.867. The third-order valence-electron chi connectivity index (χ3n) is 2.86. The molecule has 1 aromatic rings. The second kappa shape index (κ2) is 9.34. The average molecular weight is 262 g/mol. The summed E-state index contributed by atoms with van der Waals surface area (Å²) >= 11 is 0. The Hall–Kier alpha value is -1.61. The number of unbranched alkanes of at least 4 members (excludes halogenated alkanes) is 1. The SMILES string of the molecule is CCCC/C(=C\C(=O)O)CCOCc1ccccc1. The van der Waals surface area contributed by atoms with Crippen LogP contribution in [0.15, 0.2) is 42.0 Å². The van der Waals surface area contributed by atoms with E-state index in [1.807, 2.05) is 30.3 Å². The molecular formula is C16H22O3. The van der Waals surface area contributed by atoms with Crippen LogP contribution in [0.2, 0.25) is 0 Å². The number of hydrogen-bond acceptors (Lipinski definition) is 2. The maximum absolute atomic E-state index is 10.7. The van der Waals surface area contributed by atoms with Gasteiger partial charge in [-0.3, -0.25) is 0 Å². The lowest BCUT2D eigenvalue weighted by molar-refractivity contribution is -0.131. The molecule has 3 heteroatoms. The molecule has 0 bridgehead atoms. The number of aliphatic carboxylic acids is 1. The molecule has 0 heterocycles. The van der Waals surface area contributed by atoms with Crippen LogP contribution in [0.3, 0.4) is 0 Å². The zero-order valence-electron chi connectivity index (χ0n) is 11.5. The monoisotopic (exact) mass is 262 g/mol. The van der Waals surface area contributed by atoms with E-state index in [2.05, 4.69) is 6.92 Å². The van der Waals surface area contributed by atoms with Gasteiger partial charge in [-0.1, -0.05) is 49.2 Å². The molecule has 0 aliphatic heterocycles. The standard InChI is InChI=1S/C16H22O3/c1-2-3-7-14(12-16(17)18)10-11-19-13-15-8-5-4-6-9-15/h4-6,8-9,12H,2-3,7,10-11,13H2,1H3,(H,17,18)/b14-12+. The van der Waals surface area contributed by atoms with Crippen LogP contribution < -0.4 is 0 Å². The fourth-order valence-electron chi connectivity index (χ4n) is 1.82. The van der Waals surface area contributed by atoms with E-state index < -0.39 is 5.97 Å². The molecule has 0 saturated heterocycles. The fraction of sp³-hybridized carbons (Fsp3) is 0.438. The molecule has 0 radical (unpaired) electrons. The van der Waals surface area contributed by atoms with Crippen molar-refractivity contribution in [2.24, 2.45) is 0 Å². The van der Waals surface area contributed by atoms with Gasteiger partial charge in [0.25, 0.3) is 0 Å². The zero-order chi connectivity index (χ0) is 13.9. The molecule has 0 spiro atoms. The summed E-state index contributed by atoms with van der Waals surface area (Å²) in [7, 11) is 0. The lowest BCUT2D eigenvalue weighted by Gasteiger charge is -2.07. The molecule has 0 aromatic heterocycles. The van der Waals surface area contributed by atoms with Crippen LogP contribution in [0.5, 0.6) is 0 Å². The van der Waals surface area contributed by atoms with E-state index in [0.29, 0.717) is 19.6 Å². The Morgan fingerprint density at radius 3 is 2.63 bits per heavy atom. The number of hydrogen-bond donors (Lipinski definition) is 1. The van der Waals surface area contributed by atoms with E-state index >= 15 is 0 Å². The number of benzene rings is 1. The zero-order valence-corrected chi connectivity index (χ0v) is 11.5. The number of rotatable bonds is 9. The van der Waals surface area contributed by atoms with Crippen LogP contribution in [-0.4, -0.2) is 17.7 Å². The molecule has 19 heavy (non-hydrogen) atoms. The summed E-state index contributed by atoms with van der Waals surface area (Å²) < 4.78 is 5.58. The van der Waals surface area contributed by atoms with Gasteiger partial charge in [-0.15, -0.1) is 0 Å². The first kappa shape index (κ1) is 15.4. The number of carboxylic acid groups (broad SMARTS) is 1. The summed E-state index contributed by atoms with van der Waals surface area (Å²) in [4.78, 5) is 10.7. The Balaban J connectivity index is 2.30. The maximum Gasteiger partial charge on any atom is 0.328 e. The van der Waals surface area contributed by atoms with Crippen molar-refractivity contribution in [3.05, 3.63) is 47.5 Å². The van der Waals surface area contributed by atoms with Crippen LogP contribution in [0.4, 0.5) is 0 Å². The first-order chi connectivity index (χ1) is 9.22. The van der Waals surface area contributed by atoms with E-state index in [1.165, 1.54) is 6.08 Å². The van der Waals surface area contributed by atoms with E-state index in [1.54, 1.807) is 0 Å².